The van der Waals surface area contributed by atoms with Crippen molar-refractivity contribution in [2.75, 3.05) is 26.7 Å². The van der Waals surface area contributed by atoms with Gasteiger partial charge in [0.05, 0.1) is 11.8 Å². The number of nitrogens with one attached hydrogen (secondary N) is 2. The van der Waals surface area contributed by atoms with Gasteiger partial charge in [-0.1, -0.05) is 6.92 Å². The molecule has 6 nitrogen and oxygen atoms in total. The summed E-state index contributed by atoms with van der Waals surface area (Å²) in [5.74, 6) is 0.377. The van der Waals surface area contributed by atoms with E-state index in [9.17, 15) is 9.59 Å². The van der Waals surface area contributed by atoms with Crippen molar-refractivity contribution in [3.8, 4) is 0 Å². The first kappa shape index (κ1) is 13.6. The van der Waals surface area contributed by atoms with Crippen molar-refractivity contribution in [1.29, 1.82) is 0 Å². The Morgan fingerprint density at radius 1 is 1.58 bits per heavy atom. The van der Waals surface area contributed by atoms with Gasteiger partial charge in [-0.25, -0.2) is 0 Å². The summed E-state index contributed by atoms with van der Waals surface area (Å²) < 4.78 is 5.28. The lowest BCUT2D eigenvalue weighted by molar-refractivity contribution is -0.125. The molecule has 1 saturated heterocycles. The van der Waals surface area contributed by atoms with Crippen LogP contribution >= 0.6 is 0 Å². The zero-order chi connectivity index (χ0) is 13.8. The third-order valence-electron chi connectivity index (χ3n) is 3.35. The van der Waals surface area contributed by atoms with Crippen LogP contribution in [-0.4, -0.2) is 49.4 Å². The van der Waals surface area contributed by atoms with Crippen LogP contribution in [0.5, 0.6) is 0 Å². The predicted molar refractivity (Wildman–Crippen MR) is 69.8 cm³/mol. The van der Waals surface area contributed by atoms with Gasteiger partial charge < -0.3 is 20.0 Å². The van der Waals surface area contributed by atoms with Crippen molar-refractivity contribution in [3.05, 3.63) is 23.7 Å². The SMILES string of the molecule is CCc1occc1C(=O)N1CCNCC1C(=O)NC. The smallest absolute Gasteiger partial charge is 0.258 e. The summed E-state index contributed by atoms with van der Waals surface area (Å²) in [5.41, 5.74) is 0.554. The summed E-state index contributed by atoms with van der Waals surface area (Å²) >= 11 is 0. The van der Waals surface area contributed by atoms with E-state index in [1.54, 1.807) is 18.0 Å². The summed E-state index contributed by atoms with van der Waals surface area (Å²) in [6, 6.07) is 1.20. The molecule has 1 aliphatic heterocycles. The standard InChI is InChI=1S/C13H19N3O3/c1-3-11-9(4-7-19-11)13(18)16-6-5-15-8-10(16)12(17)14-2/h4,7,10,15H,3,5-6,8H2,1-2H3,(H,14,17). The molecule has 2 amide bonds. The average molecular weight is 265 g/mol. The Labute approximate surface area is 112 Å². The molecule has 1 aromatic rings. The maximum Gasteiger partial charge on any atom is 0.258 e. The number of rotatable bonds is 3. The molecule has 19 heavy (non-hydrogen) atoms. The highest BCUT2D eigenvalue weighted by atomic mass is 16.3. The Morgan fingerprint density at radius 3 is 3.05 bits per heavy atom. The molecule has 0 radical (unpaired) electrons. The second-order valence-electron chi connectivity index (χ2n) is 4.44. The Hall–Kier alpha value is -1.82. The number of piperazine rings is 1. The van der Waals surface area contributed by atoms with Gasteiger partial charge in [-0.2, -0.15) is 0 Å². The molecular formula is C13H19N3O3. The molecule has 104 valence electrons. The fourth-order valence-electron chi connectivity index (χ4n) is 2.31. The molecule has 0 aliphatic carbocycles. The maximum atomic E-state index is 12.5. The van der Waals surface area contributed by atoms with Gasteiger partial charge in [-0.3, -0.25) is 9.59 Å². The number of furan rings is 1. The summed E-state index contributed by atoms with van der Waals surface area (Å²) in [7, 11) is 1.58. The number of nitrogens with zero attached hydrogens (tertiary/aromatic N) is 1. The topological polar surface area (TPSA) is 74.6 Å². The first-order chi connectivity index (χ1) is 9.19. The van der Waals surface area contributed by atoms with E-state index in [0.717, 1.165) is 0 Å². The van der Waals surface area contributed by atoms with Gasteiger partial charge in [-0.15, -0.1) is 0 Å². The number of carbonyl (C=O) groups excluding carboxylic acids is 2. The molecule has 1 aromatic heterocycles. The molecular weight excluding hydrogens is 246 g/mol. The van der Waals surface area contributed by atoms with Crippen molar-refractivity contribution >= 4 is 11.8 Å². The molecule has 1 fully saturated rings. The Balaban J connectivity index is 2.22. The summed E-state index contributed by atoms with van der Waals surface area (Å²) in [5, 5.41) is 5.73. The zero-order valence-electron chi connectivity index (χ0n) is 11.2. The lowest BCUT2D eigenvalue weighted by Crippen LogP contribution is -2.59. The quantitative estimate of drug-likeness (QED) is 0.807. The van der Waals surface area contributed by atoms with Gasteiger partial charge in [0.25, 0.3) is 5.91 Å². The molecule has 1 unspecified atom stereocenters. The van der Waals surface area contributed by atoms with Crippen LogP contribution in [0, 0.1) is 0 Å². The largest absolute Gasteiger partial charge is 0.469 e. The molecule has 0 saturated carbocycles. The number of hydrogen-bond donors (Lipinski definition) is 2. The van der Waals surface area contributed by atoms with Crippen LogP contribution in [0.4, 0.5) is 0 Å². The van der Waals surface area contributed by atoms with Crippen LogP contribution < -0.4 is 10.6 Å². The minimum absolute atomic E-state index is 0.138. The van der Waals surface area contributed by atoms with Crippen LogP contribution in [-0.2, 0) is 11.2 Å². The second-order valence-corrected chi connectivity index (χ2v) is 4.44. The van der Waals surface area contributed by atoms with Crippen molar-refractivity contribution in [1.82, 2.24) is 15.5 Å². The molecule has 0 bridgehead atoms. The van der Waals surface area contributed by atoms with E-state index in [2.05, 4.69) is 10.6 Å². The van der Waals surface area contributed by atoms with E-state index >= 15 is 0 Å². The Kier molecular flexibility index (Phi) is 4.21. The third kappa shape index (κ3) is 2.63. The zero-order valence-corrected chi connectivity index (χ0v) is 11.2. The maximum absolute atomic E-state index is 12.5. The van der Waals surface area contributed by atoms with E-state index in [4.69, 9.17) is 4.42 Å². The molecule has 6 heteroatoms. The molecule has 2 rings (SSSR count). The van der Waals surface area contributed by atoms with Crippen molar-refractivity contribution in [2.45, 2.75) is 19.4 Å². The highest BCUT2D eigenvalue weighted by molar-refractivity contribution is 5.98. The number of carbonyl (C=O) groups is 2. The highest BCUT2D eigenvalue weighted by Crippen LogP contribution is 2.16. The van der Waals surface area contributed by atoms with E-state index in [-0.39, 0.29) is 11.8 Å². The van der Waals surface area contributed by atoms with Gasteiger partial charge in [0.15, 0.2) is 0 Å². The molecule has 1 atom stereocenters. The molecule has 2 heterocycles. The normalized spacial score (nSPS) is 19.3. The number of amides is 2. The molecule has 0 spiro atoms. The van der Waals surface area contributed by atoms with E-state index < -0.39 is 6.04 Å². The average Bonchev–Trinajstić information content (AvgIpc) is 2.94. The minimum atomic E-state index is -0.467. The highest BCUT2D eigenvalue weighted by Gasteiger charge is 2.33. The van der Waals surface area contributed by atoms with Crippen molar-refractivity contribution in [3.63, 3.8) is 0 Å². The first-order valence-corrected chi connectivity index (χ1v) is 6.48. The molecule has 2 N–H and O–H groups in total. The lowest BCUT2D eigenvalue weighted by atomic mass is 10.1. The second kappa shape index (κ2) is 5.88. The van der Waals surface area contributed by atoms with Crippen molar-refractivity contribution in [2.24, 2.45) is 0 Å². The summed E-state index contributed by atoms with van der Waals surface area (Å²) in [6.07, 6.45) is 2.17. The van der Waals surface area contributed by atoms with Gasteiger partial charge >= 0.3 is 0 Å². The molecule has 1 aliphatic rings. The van der Waals surface area contributed by atoms with E-state index in [1.165, 1.54) is 6.26 Å². The fraction of sp³-hybridized carbons (Fsp3) is 0.538. The minimum Gasteiger partial charge on any atom is -0.469 e. The predicted octanol–water partition coefficient (Wildman–Crippen LogP) is 0.00200. The summed E-state index contributed by atoms with van der Waals surface area (Å²) in [6.45, 7) is 3.62. The number of aryl methyl sites for hydroxylation is 1. The van der Waals surface area contributed by atoms with Crippen molar-refractivity contribution < 1.29 is 14.0 Å². The summed E-state index contributed by atoms with van der Waals surface area (Å²) in [4.78, 5) is 26.0. The van der Waals surface area contributed by atoms with E-state index in [1.807, 2.05) is 6.92 Å². The lowest BCUT2D eigenvalue weighted by Gasteiger charge is -2.34. The van der Waals surface area contributed by atoms with Gasteiger partial charge in [-0.05, 0) is 6.07 Å². The number of likely N-dealkylation sites (N-methyl/N-ethyl adjacent to an activating group) is 1. The van der Waals surface area contributed by atoms with Crippen LogP contribution in [0.1, 0.15) is 23.0 Å². The fourth-order valence-corrected chi connectivity index (χ4v) is 2.31. The van der Waals surface area contributed by atoms with Crippen LogP contribution in [0.3, 0.4) is 0 Å². The van der Waals surface area contributed by atoms with Gasteiger partial charge in [0, 0.05) is 33.1 Å². The Morgan fingerprint density at radius 2 is 2.37 bits per heavy atom. The monoisotopic (exact) mass is 265 g/mol. The third-order valence-corrected chi connectivity index (χ3v) is 3.35. The van der Waals surface area contributed by atoms with Crippen LogP contribution in [0.2, 0.25) is 0 Å². The van der Waals surface area contributed by atoms with E-state index in [0.29, 0.717) is 37.4 Å². The van der Waals surface area contributed by atoms with Crippen LogP contribution in [0.15, 0.2) is 16.7 Å². The molecule has 0 aromatic carbocycles. The van der Waals surface area contributed by atoms with Gasteiger partial charge in [0.1, 0.15) is 11.8 Å². The first-order valence-electron chi connectivity index (χ1n) is 6.48. The van der Waals surface area contributed by atoms with Gasteiger partial charge in [0.2, 0.25) is 5.91 Å². The van der Waals surface area contributed by atoms with Crippen LogP contribution in [0.25, 0.3) is 0 Å². The Bertz CT molecular complexity index is 469. The number of hydrogen-bond acceptors (Lipinski definition) is 4.